The van der Waals surface area contributed by atoms with Crippen molar-refractivity contribution in [3.8, 4) is 0 Å². The Morgan fingerprint density at radius 2 is 1.63 bits per heavy atom. The Hall–Kier alpha value is -3.13. The first-order chi connectivity index (χ1) is 23.3. The van der Waals surface area contributed by atoms with Crippen LogP contribution in [0.15, 0.2) is 29.1 Å². The van der Waals surface area contributed by atoms with Crippen LogP contribution < -0.4 is 10.9 Å². The van der Waals surface area contributed by atoms with Gasteiger partial charge in [0.05, 0.1) is 34.5 Å². The molecule has 7 rings (SSSR count). The van der Waals surface area contributed by atoms with E-state index in [4.69, 9.17) is 0 Å². The smallest absolute Gasteiger partial charge is 0.278 e. The predicted octanol–water partition coefficient (Wildman–Crippen LogP) is 7.11. The van der Waals surface area contributed by atoms with Gasteiger partial charge in [0.25, 0.3) is 17.9 Å². The number of hydrogen-bond donors (Lipinski definition) is 1. The van der Waals surface area contributed by atoms with Gasteiger partial charge in [-0.25, -0.2) is 40.3 Å². The highest BCUT2D eigenvalue weighted by molar-refractivity contribution is 7.91. The van der Waals surface area contributed by atoms with Gasteiger partial charge in [0, 0.05) is 23.6 Å². The lowest BCUT2D eigenvalue weighted by atomic mass is 9.84. The molecular weight excluding hydrogens is 665 g/mol. The third-order valence-corrected chi connectivity index (χ3v) is 12.4. The molecule has 0 saturated carbocycles. The second kappa shape index (κ2) is 14.2. The lowest BCUT2D eigenvalue weighted by Gasteiger charge is -2.39. The van der Waals surface area contributed by atoms with Gasteiger partial charge in [-0.3, -0.25) is 14.3 Å². The molecule has 0 amide bonds. The van der Waals surface area contributed by atoms with Crippen LogP contribution in [-0.4, -0.2) is 64.9 Å². The minimum absolute atomic E-state index is 0.00807. The van der Waals surface area contributed by atoms with Gasteiger partial charge >= 0.3 is 0 Å². The summed E-state index contributed by atoms with van der Waals surface area (Å²) in [5.41, 5.74) is -0.182. The summed E-state index contributed by atoms with van der Waals surface area (Å²) < 4.78 is 102. The average Bonchev–Trinajstić information content (AvgIpc) is 3.05. The van der Waals surface area contributed by atoms with Gasteiger partial charge < -0.3 is 5.32 Å². The van der Waals surface area contributed by atoms with Crippen LogP contribution in [0.25, 0.3) is 11.0 Å². The Morgan fingerprint density at radius 1 is 0.939 bits per heavy atom. The topological polar surface area (TPSA) is 97.2 Å². The summed E-state index contributed by atoms with van der Waals surface area (Å²) in [4.78, 5) is 24.9. The molecule has 8 nitrogen and oxygen atoms in total. The molecule has 2 aromatic heterocycles. The number of alkyl halides is 4. The molecule has 4 aliphatic rings. The maximum absolute atomic E-state index is 16.1. The highest BCUT2D eigenvalue weighted by Gasteiger charge is 2.46. The Balaban J connectivity index is 1.44. The van der Waals surface area contributed by atoms with E-state index in [9.17, 15) is 22.0 Å². The van der Waals surface area contributed by atoms with E-state index in [0.29, 0.717) is 73.3 Å². The van der Waals surface area contributed by atoms with Crippen LogP contribution in [-0.2, 0) is 22.3 Å². The van der Waals surface area contributed by atoms with Crippen molar-refractivity contribution in [2.75, 3.05) is 29.9 Å². The number of pyridine rings is 1. The van der Waals surface area contributed by atoms with Crippen molar-refractivity contribution in [3.63, 3.8) is 0 Å². The second-order valence-electron chi connectivity index (χ2n) is 14.0. The van der Waals surface area contributed by atoms with Gasteiger partial charge in [-0.1, -0.05) is 37.5 Å². The summed E-state index contributed by atoms with van der Waals surface area (Å²) in [6.07, 6.45) is 0.564. The van der Waals surface area contributed by atoms with Crippen LogP contribution in [0.1, 0.15) is 99.2 Å². The number of anilines is 1. The second-order valence-corrected chi connectivity index (χ2v) is 16.3. The van der Waals surface area contributed by atoms with Crippen LogP contribution in [0.2, 0.25) is 0 Å². The molecule has 6 heterocycles. The Bertz CT molecular complexity index is 1830. The summed E-state index contributed by atoms with van der Waals surface area (Å²) in [7, 11) is -3.19. The number of benzene rings is 1. The average molecular weight is 710 g/mol. The Labute approximate surface area is 283 Å². The van der Waals surface area contributed by atoms with Crippen molar-refractivity contribution in [2.24, 2.45) is 5.92 Å². The molecule has 1 aromatic carbocycles. The van der Waals surface area contributed by atoms with E-state index in [1.165, 1.54) is 12.1 Å². The zero-order valence-electron chi connectivity index (χ0n) is 27.9. The quantitative estimate of drug-likeness (QED) is 0.284. The third kappa shape index (κ3) is 7.36. The molecule has 14 heteroatoms. The lowest BCUT2D eigenvalue weighted by Crippen LogP contribution is -2.47. The highest BCUT2D eigenvalue weighted by atomic mass is 32.2. The molecule has 268 valence electrons. The monoisotopic (exact) mass is 709 g/mol. The van der Waals surface area contributed by atoms with Gasteiger partial charge in [0.15, 0.2) is 0 Å². The number of aromatic nitrogens is 3. The maximum atomic E-state index is 16.1. The maximum Gasteiger partial charge on any atom is 0.278 e. The van der Waals surface area contributed by atoms with Crippen LogP contribution in [0.3, 0.4) is 0 Å². The van der Waals surface area contributed by atoms with Crippen molar-refractivity contribution in [1.82, 2.24) is 19.4 Å². The number of halogens is 5. The Morgan fingerprint density at radius 3 is 2.33 bits per heavy atom. The van der Waals surface area contributed by atoms with E-state index in [1.807, 2.05) is 0 Å². The summed E-state index contributed by atoms with van der Waals surface area (Å²) in [6, 6.07) is 3.76. The van der Waals surface area contributed by atoms with Crippen molar-refractivity contribution in [1.29, 1.82) is 0 Å². The molecular formula is C35H44F5N5O3S. The molecule has 2 atom stereocenters. The fourth-order valence-electron chi connectivity index (χ4n) is 7.87. The van der Waals surface area contributed by atoms with Crippen molar-refractivity contribution >= 4 is 26.7 Å². The van der Waals surface area contributed by atoms with E-state index < -0.39 is 51.6 Å². The van der Waals surface area contributed by atoms with Crippen molar-refractivity contribution in [3.05, 3.63) is 63.0 Å². The van der Waals surface area contributed by atoms with Crippen LogP contribution in [0.4, 0.5) is 27.8 Å². The molecule has 1 N–H and O–H groups in total. The van der Waals surface area contributed by atoms with Gasteiger partial charge in [0.1, 0.15) is 32.9 Å². The fraction of sp³-hybridized carbons (Fsp3) is 0.629. The molecule has 0 radical (unpaired) electrons. The fourth-order valence-corrected chi connectivity index (χ4v) is 9.36. The lowest BCUT2D eigenvalue weighted by molar-refractivity contribution is -0.0976. The van der Waals surface area contributed by atoms with Crippen molar-refractivity contribution < 1.29 is 30.4 Å². The van der Waals surface area contributed by atoms with E-state index >= 15 is 13.2 Å². The first kappa shape index (κ1) is 35.7. The molecule has 0 spiro atoms. The van der Waals surface area contributed by atoms with E-state index in [1.54, 1.807) is 29.4 Å². The number of sulfone groups is 1. The molecule has 3 aromatic rings. The highest BCUT2D eigenvalue weighted by Crippen LogP contribution is 2.44. The predicted molar refractivity (Wildman–Crippen MR) is 179 cm³/mol. The standard InChI is InChI=1S/C35H44F5N5O3S/c1-21-25-8-7-9-28(30(25)36)35(39,40)24-11-16-44(17-12-24)29(31(37)38)10-5-3-4-6-15-45-33-27(32(41-21)42-22(2)43-33)20-26(34(45)46)23-13-18-49(47,48)19-14-23/h7-9,20-21,23-24,29,31H,3-6,10-19H2,1-2H3,(H,41,42,43)/t21-,29?/m1/s1. The molecule has 8 bridgehead atoms. The van der Waals surface area contributed by atoms with Crippen LogP contribution >= 0.6 is 0 Å². The molecule has 1 unspecified atom stereocenters. The summed E-state index contributed by atoms with van der Waals surface area (Å²) in [5, 5.41) is 3.70. The van der Waals surface area contributed by atoms with Crippen LogP contribution in [0, 0.1) is 18.7 Å². The zero-order chi connectivity index (χ0) is 35.1. The van der Waals surface area contributed by atoms with Gasteiger partial charge in [-0.05, 0) is 77.4 Å². The first-order valence-electron chi connectivity index (χ1n) is 17.3. The number of fused-ring (bicyclic) bond motifs is 9. The first-order valence-corrected chi connectivity index (χ1v) is 19.2. The van der Waals surface area contributed by atoms with E-state index in [2.05, 4.69) is 15.3 Å². The number of piperidine rings is 1. The number of aryl methyl sites for hydroxylation is 2. The third-order valence-electron chi connectivity index (χ3n) is 10.7. The van der Waals surface area contributed by atoms with E-state index in [0.717, 1.165) is 6.07 Å². The summed E-state index contributed by atoms with van der Waals surface area (Å²) in [5.74, 6) is -5.46. The summed E-state index contributed by atoms with van der Waals surface area (Å²) in [6.45, 7) is 3.79. The SMILES string of the molecule is Cc1nc2c3cc(C4CCS(=O)(=O)CC4)c(=O)n(c3n1)CCCCCCC(C(F)F)N1CCC(CC1)C(F)(F)c1cccc(c1F)[C@@H](C)N2. The molecule has 2 saturated heterocycles. The molecule has 2 fully saturated rings. The summed E-state index contributed by atoms with van der Waals surface area (Å²) >= 11 is 0. The van der Waals surface area contributed by atoms with Crippen LogP contribution in [0.5, 0.6) is 0 Å². The molecule has 0 aliphatic carbocycles. The zero-order valence-corrected chi connectivity index (χ0v) is 28.7. The Kier molecular flexibility index (Phi) is 10.4. The minimum atomic E-state index is -3.51. The van der Waals surface area contributed by atoms with E-state index in [-0.39, 0.29) is 60.9 Å². The number of nitrogens with zero attached hydrogens (tertiary/aromatic N) is 4. The molecule has 4 aliphatic heterocycles. The van der Waals surface area contributed by atoms with Crippen molar-refractivity contribution in [2.45, 2.75) is 109 Å². The van der Waals surface area contributed by atoms with Gasteiger partial charge in [-0.15, -0.1) is 0 Å². The normalized spacial score (nSPS) is 26.8. The van der Waals surface area contributed by atoms with Gasteiger partial charge in [-0.2, -0.15) is 0 Å². The van der Waals surface area contributed by atoms with Gasteiger partial charge in [0.2, 0.25) is 0 Å². The minimum Gasteiger partial charge on any atom is -0.363 e. The number of rotatable bonds is 2. The molecule has 49 heavy (non-hydrogen) atoms. The number of hydrogen-bond acceptors (Lipinski definition) is 7. The largest absolute Gasteiger partial charge is 0.363 e. The number of nitrogens with one attached hydrogen (secondary N) is 1.